The van der Waals surface area contributed by atoms with Gasteiger partial charge >= 0.3 is 0 Å². The molecule has 4 nitrogen and oxygen atoms in total. The van der Waals surface area contributed by atoms with Crippen molar-refractivity contribution in [3.63, 3.8) is 0 Å². The summed E-state index contributed by atoms with van der Waals surface area (Å²) >= 11 is 2.33. The van der Waals surface area contributed by atoms with Crippen LogP contribution in [0.3, 0.4) is 0 Å². The van der Waals surface area contributed by atoms with E-state index in [2.05, 4.69) is 90.3 Å². The molecule has 0 saturated heterocycles. The maximum atomic E-state index is 6.52. The molecule has 1 aromatic carbocycles. The second-order valence-corrected chi connectivity index (χ2v) is 21.4. The zero-order valence-electron chi connectivity index (χ0n) is 20.5. The minimum Gasteiger partial charge on any atom is -0.496 e. The molecular weight excluding hydrogens is 511 g/mol. The van der Waals surface area contributed by atoms with Crippen molar-refractivity contribution in [2.24, 2.45) is 0 Å². The zero-order chi connectivity index (χ0) is 22.8. The first-order valence-electron chi connectivity index (χ1n) is 10.2. The molecule has 0 amide bonds. The lowest BCUT2D eigenvalue weighted by Crippen LogP contribution is -2.40. The van der Waals surface area contributed by atoms with E-state index in [-0.39, 0.29) is 10.1 Å². The van der Waals surface area contributed by atoms with Crippen molar-refractivity contribution >= 4 is 39.2 Å². The molecule has 0 saturated carbocycles. The highest BCUT2D eigenvalue weighted by molar-refractivity contribution is 14.1. The van der Waals surface area contributed by atoms with Crippen molar-refractivity contribution in [2.75, 3.05) is 14.2 Å². The van der Waals surface area contributed by atoms with Crippen LogP contribution in [0.4, 0.5) is 0 Å². The summed E-state index contributed by atoms with van der Waals surface area (Å²) in [5.74, 6) is 1.70. The molecule has 0 aliphatic carbocycles. The van der Waals surface area contributed by atoms with Gasteiger partial charge in [-0.25, -0.2) is 0 Å². The van der Waals surface area contributed by atoms with Crippen LogP contribution in [0.5, 0.6) is 11.5 Å². The van der Waals surface area contributed by atoms with E-state index in [9.17, 15) is 0 Å². The third-order valence-corrected chi connectivity index (χ3v) is 16.7. The maximum absolute atomic E-state index is 6.52. The fourth-order valence-corrected chi connectivity index (χ4v) is 4.98. The van der Waals surface area contributed by atoms with Gasteiger partial charge in [-0.1, -0.05) is 41.5 Å². The van der Waals surface area contributed by atoms with E-state index in [1.54, 1.807) is 14.2 Å². The summed E-state index contributed by atoms with van der Waals surface area (Å²) in [5.41, 5.74) is 2.06. The van der Waals surface area contributed by atoms with E-state index < -0.39 is 16.6 Å². The average molecular weight is 553 g/mol. The summed E-state index contributed by atoms with van der Waals surface area (Å²) in [4.78, 5) is 0. The van der Waals surface area contributed by atoms with Crippen molar-refractivity contribution in [2.45, 2.75) is 91.0 Å². The maximum Gasteiger partial charge on any atom is 0.192 e. The Labute approximate surface area is 194 Å². The highest BCUT2D eigenvalue weighted by Gasteiger charge is 2.39. The fraction of sp³-hybridized carbons (Fsp3) is 0.727. The number of halogens is 1. The Bertz CT molecular complexity index is 704. The Hall–Kier alpha value is -0.0962. The molecule has 7 heteroatoms. The normalized spacial score (nSPS) is 13.6. The molecular formula is C22H41IO4Si2. The summed E-state index contributed by atoms with van der Waals surface area (Å²) in [6, 6.07) is 2.05. The SMILES string of the molecule is COc1cc(CO[Si](C)(C)C(C)(C)C)c(OC)c(CO[Si](C)(C)C(C)(C)C)c1I. The summed E-state index contributed by atoms with van der Waals surface area (Å²) in [5, 5.41) is 0.306. The third kappa shape index (κ3) is 6.44. The van der Waals surface area contributed by atoms with E-state index in [1.807, 2.05) is 6.07 Å². The summed E-state index contributed by atoms with van der Waals surface area (Å²) in [6.45, 7) is 23.6. The van der Waals surface area contributed by atoms with Gasteiger partial charge in [0, 0.05) is 11.1 Å². The van der Waals surface area contributed by atoms with Crippen LogP contribution in [0.25, 0.3) is 0 Å². The van der Waals surface area contributed by atoms with Crippen LogP contribution in [0.15, 0.2) is 6.07 Å². The Morgan fingerprint density at radius 3 is 1.62 bits per heavy atom. The number of hydrogen-bond acceptors (Lipinski definition) is 4. The van der Waals surface area contributed by atoms with Crippen LogP contribution in [-0.4, -0.2) is 30.9 Å². The molecule has 0 heterocycles. The van der Waals surface area contributed by atoms with E-state index in [0.717, 1.165) is 26.2 Å². The largest absolute Gasteiger partial charge is 0.496 e. The highest BCUT2D eigenvalue weighted by Crippen LogP contribution is 2.42. The Morgan fingerprint density at radius 1 is 0.793 bits per heavy atom. The van der Waals surface area contributed by atoms with Gasteiger partial charge in [0.2, 0.25) is 0 Å². The fourth-order valence-electron chi connectivity index (χ4n) is 2.31. The van der Waals surface area contributed by atoms with Crippen molar-refractivity contribution in [3.8, 4) is 11.5 Å². The van der Waals surface area contributed by atoms with E-state index in [1.165, 1.54) is 0 Å². The Kier molecular flexibility index (Phi) is 8.90. The van der Waals surface area contributed by atoms with Crippen molar-refractivity contribution in [3.05, 3.63) is 20.8 Å². The van der Waals surface area contributed by atoms with Gasteiger partial charge in [0.15, 0.2) is 16.6 Å². The van der Waals surface area contributed by atoms with Gasteiger partial charge < -0.3 is 18.3 Å². The van der Waals surface area contributed by atoms with Crippen LogP contribution in [0.2, 0.25) is 36.3 Å². The molecule has 0 aliphatic heterocycles. The molecule has 0 N–H and O–H groups in total. The monoisotopic (exact) mass is 552 g/mol. The van der Waals surface area contributed by atoms with Crippen molar-refractivity contribution < 1.29 is 18.3 Å². The average Bonchev–Trinajstić information content (AvgIpc) is 2.56. The summed E-state index contributed by atoms with van der Waals surface area (Å²) in [7, 11) is -0.331. The molecule has 0 unspecified atom stereocenters. The van der Waals surface area contributed by atoms with Gasteiger partial charge in [-0.05, 0) is 64.9 Å². The Morgan fingerprint density at radius 2 is 1.24 bits per heavy atom. The molecule has 168 valence electrons. The van der Waals surface area contributed by atoms with Gasteiger partial charge in [-0.2, -0.15) is 0 Å². The lowest BCUT2D eigenvalue weighted by molar-refractivity contribution is 0.256. The molecule has 0 aliphatic rings. The van der Waals surface area contributed by atoms with Gasteiger partial charge in [0.1, 0.15) is 11.5 Å². The first-order valence-corrected chi connectivity index (χ1v) is 17.1. The van der Waals surface area contributed by atoms with Gasteiger partial charge in [-0.3, -0.25) is 0 Å². The summed E-state index contributed by atoms with van der Waals surface area (Å²) in [6.07, 6.45) is 0. The van der Waals surface area contributed by atoms with E-state index >= 15 is 0 Å². The number of hydrogen-bond donors (Lipinski definition) is 0. The second kappa shape index (κ2) is 9.59. The molecule has 0 radical (unpaired) electrons. The van der Waals surface area contributed by atoms with Crippen LogP contribution >= 0.6 is 22.6 Å². The summed E-state index contributed by atoms with van der Waals surface area (Å²) < 4.78 is 25.6. The minimum atomic E-state index is -1.89. The van der Waals surface area contributed by atoms with Crippen LogP contribution in [0, 0.1) is 3.57 Å². The molecule has 0 aromatic heterocycles. The van der Waals surface area contributed by atoms with E-state index in [0.29, 0.717) is 13.2 Å². The van der Waals surface area contributed by atoms with Crippen LogP contribution in [0.1, 0.15) is 52.7 Å². The van der Waals surface area contributed by atoms with Crippen molar-refractivity contribution in [1.29, 1.82) is 0 Å². The predicted molar refractivity (Wildman–Crippen MR) is 136 cm³/mol. The Balaban J connectivity index is 3.31. The zero-order valence-corrected chi connectivity index (χ0v) is 24.7. The lowest BCUT2D eigenvalue weighted by atomic mass is 10.1. The topological polar surface area (TPSA) is 36.9 Å². The van der Waals surface area contributed by atoms with Gasteiger partial charge in [0.05, 0.1) is 31.0 Å². The molecule has 0 bridgehead atoms. The van der Waals surface area contributed by atoms with Gasteiger partial charge in [-0.15, -0.1) is 0 Å². The van der Waals surface area contributed by atoms with Gasteiger partial charge in [0.25, 0.3) is 0 Å². The smallest absolute Gasteiger partial charge is 0.192 e. The lowest BCUT2D eigenvalue weighted by Gasteiger charge is -2.37. The third-order valence-electron chi connectivity index (χ3n) is 6.55. The molecule has 1 rings (SSSR count). The molecule has 0 fully saturated rings. The number of benzene rings is 1. The van der Waals surface area contributed by atoms with Crippen LogP contribution in [-0.2, 0) is 22.1 Å². The molecule has 0 atom stereocenters. The van der Waals surface area contributed by atoms with E-state index in [4.69, 9.17) is 18.3 Å². The standard InChI is InChI=1S/C22H41IO4Si2/c1-21(2,3)28(9,10)26-14-16-13-18(24-7)19(23)17(20(16)25-8)15-27-29(11,12)22(4,5)6/h13H,14-15H2,1-12H3. The minimum absolute atomic E-state index is 0.152. The number of methoxy groups -OCH3 is 2. The highest BCUT2D eigenvalue weighted by atomic mass is 127. The predicted octanol–water partition coefficient (Wildman–Crippen LogP) is 7.35. The first kappa shape index (κ1) is 26.9. The first-order chi connectivity index (χ1) is 13.0. The number of ether oxygens (including phenoxy) is 2. The molecule has 29 heavy (non-hydrogen) atoms. The van der Waals surface area contributed by atoms with Crippen molar-refractivity contribution in [1.82, 2.24) is 0 Å². The quantitative estimate of drug-likeness (QED) is 0.250. The second-order valence-electron chi connectivity index (χ2n) is 10.7. The number of rotatable bonds is 8. The molecule has 1 aromatic rings. The molecule has 0 spiro atoms. The van der Waals surface area contributed by atoms with Crippen LogP contribution < -0.4 is 9.47 Å².